The van der Waals surface area contributed by atoms with Gasteiger partial charge in [0.25, 0.3) is 0 Å². The van der Waals surface area contributed by atoms with Crippen molar-refractivity contribution in [2.24, 2.45) is 5.41 Å². The van der Waals surface area contributed by atoms with Crippen LogP contribution in [0.2, 0.25) is 0 Å². The summed E-state index contributed by atoms with van der Waals surface area (Å²) in [5.41, 5.74) is -0.335. The zero-order valence-electron chi connectivity index (χ0n) is 16.9. The second kappa shape index (κ2) is 9.99. The number of carbonyl (C=O) groups is 2. The van der Waals surface area contributed by atoms with Crippen LogP contribution in [0.5, 0.6) is 0 Å². The maximum Gasteiger partial charge on any atom is 0.223 e. The first-order valence-electron chi connectivity index (χ1n) is 8.64. The average molecular weight is 344 g/mol. The first kappa shape index (κ1) is 22.9. The number of nitrogens with one attached hydrogen (secondary N) is 1. The van der Waals surface area contributed by atoms with E-state index in [9.17, 15) is 9.59 Å². The molecular formula is C18H37N3O3. The minimum atomic E-state index is -0.376. The second-order valence-electron chi connectivity index (χ2n) is 8.00. The Hall–Kier alpha value is -1.14. The molecule has 2 amide bonds. The molecule has 0 spiro atoms. The highest BCUT2D eigenvalue weighted by molar-refractivity contribution is 5.75. The summed E-state index contributed by atoms with van der Waals surface area (Å²) in [5.74, 6) is 0.193. The third kappa shape index (κ3) is 9.88. The van der Waals surface area contributed by atoms with Gasteiger partial charge in [0.15, 0.2) is 0 Å². The number of ether oxygens (including phenoxy) is 1. The van der Waals surface area contributed by atoms with Crippen LogP contribution in [-0.4, -0.2) is 68.2 Å². The molecule has 0 aliphatic heterocycles. The van der Waals surface area contributed by atoms with E-state index in [1.807, 2.05) is 27.9 Å². The quantitative estimate of drug-likeness (QED) is 0.584. The lowest BCUT2D eigenvalue weighted by Crippen LogP contribution is -2.41. The van der Waals surface area contributed by atoms with E-state index >= 15 is 0 Å². The fraction of sp³-hybridized carbons (Fsp3) is 0.889. The monoisotopic (exact) mass is 343 g/mol. The first-order chi connectivity index (χ1) is 10.9. The van der Waals surface area contributed by atoms with Crippen molar-refractivity contribution in [1.82, 2.24) is 15.1 Å². The lowest BCUT2D eigenvalue weighted by Gasteiger charge is -2.32. The summed E-state index contributed by atoms with van der Waals surface area (Å²) in [4.78, 5) is 26.7. The molecule has 0 saturated heterocycles. The first-order valence-corrected chi connectivity index (χ1v) is 8.64. The molecule has 0 bridgehead atoms. The third-order valence-corrected chi connectivity index (χ3v) is 4.26. The zero-order chi connectivity index (χ0) is 19.0. The van der Waals surface area contributed by atoms with Crippen LogP contribution in [0.3, 0.4) is 0 Å². The van der Waals surface area contributed by atoms with Crippen molar-refractivity contribution >= 4 is 11.8 Å². The van der Waals surface area contributed by atoms with Gasteiger partial charge in [-0.3, -0.25) is 9.59 Å². The maximum atomic E-state index is 12.0. The molecule has 1 N–H and O–H groups in total. The number of amides is 2. The molecule has 0 aromatic heterocycles. The van der Waals surface area contributed by atoms with Gasteiger partial charge in [0.1, 0.15) is 0 Å². The van der Waals surface area contributed by atoms with E-state index < -0.39 is 0 Å². The normalized spacial score (nSPS) is 12.2. The number of hydrogen-bond acceptors (Lipinski definition) is 4. The lowest BCUT2D eigenvalue weighted by atomic mass is 9.84. The Labute approximate surface area is 147 Å². The Morgan fingerprint density at radius 3 is 2.12 bits per heavy atom. The number of nitrogens with zero attached hydrogens (tertiary/aromatic N) is 2. The molecule has 0 aliphatic rings. The van der Waals surface area contributed by atoms with Gasteiger partial charge in [0.05, 0.1) is 12.3 Å². The van der Waals surface area contributed by atoms with Crippen molar-refractivity contribution < 1.29 is 14.3 Å². The molecule has 6 nitrogen and oxygen atoms in total. The Morgan fingerprint density at radius 1 is 1.04 bits per heavy atom. The standard InChI is InChI=1S/C18H37N3O3/c1-15(22)20(7)13-18(4,5)24-12-11-17(2,3)10-9-16(23)21(8)14-19-6/h19H,9-14H2,1-8H3. The smallest absolute Gasteiger partial charge is 0.223 e. The molecule has 0 aromatic rings. The number of carbonyl (C=O) groups excluding carboxylic acids is 2. The number of likely N-dealkylation sites (N-methyl/N-ethyl adjacent to an activating group) is 1. The molecule has 0 saturated carbocycles. The van der Waals surface area contributed by atoms with Crippen molar-refractivity contribution in [1.29, 1.82) is 0 Å². The van der Waals surface area contributed by atoms with Gasteiger partial charge >= 0.3 is 0 Å². The van der Waals surface area contributed by atoms with Crippen LogP contribution in [0.25, 0.3) is 0 Å². The molecule has 6 heteroatoms. The van der Waals surface area contributed by atoms with Gasteiger partial charge in [0.2, 0.25) is 11.8 Å². The van der Waals surface area contributed by atoms with Crippen LogP contribution in [0.4, 0.5) is 0 Å². The highest BCUT2D eigenvalue weighted by atomic mass is 16.5. The second-order valence-corrected chi connectivity index (χ2v) is 8.00. The maximum absolute atomic E-state index is 12.0. The van der Waals surface area contributed by atoms with Crippen LogP contribution >= 0.6 is 0 Å². The van der Waals surface area contributed by atoms with Gasteiger partial charge < -0.3 is 19.9 Å². The Kier molecular flexibility index (Phi) is 9.51. The summed E-state index contributed by atoms with van der Waals surface area (Å²) in [5, 5.41) is 2.98. The minimum Gasteiger partial charge on any atom is -0.374 e. The Bertz CT molecular complexity index is 408. The SMILES string of the molecule is CNCN(C)C(=O)CCC(C)(C)CCOC(C)(C)CN(C)C(C)=O. The van der Waals surface area contributed by atoms with E-state index in [0.717, 1.165) is 12.8 Å². The molecule has 0 atom stereocenters. The van der Waals surface area contributed by atoms with E-state index in [2.05, 4.69) is 19.2 Å². The van der Waals surface area contributed by atoms with E-state index in [1.54, 1.807) is 23.8 Å². The minimum absolute atomic E-state index is 0.0382. The van der Waals surface area contributed by atoms with Crippen LogP contribution in [0.15, 0.2) is 0 Å². The summed E-state index contributed by atoms with van der Waals surface area (Å²) in [7, 11) is 5.42. The van der Waals surface area contributed by atoms with E-state index in [1.165, 1.54) is 0 Å². The Balaban J connectivity index is 4.23. The van der Waals surface area contributed by atoms with E-state index in [0.29, 0.717) is 26.2 Å². The summed E-state index contributed by atoms with van der Waals surface area (Å²) in [6.45, 7) is 11.6. The molecule has 0 aromatic carbocycles. The third-order valence-electron chi connectivity index (χ3n) is 4.26. The summed E-state index contributed by atoms with van der Waals surface area (Å²) >= 11 is 0. The van der Waals surface area contributed by atoms with Crippen molar-refractivity contribution in [3.63, 3.8) is 0 Å². The predicted molar refractivity (Wildman–Crippen MR) is 97.7 cm³/mol. The van der Waals surface area contributed by atoms with Crippen LogP contribution < -0.4 is 5.32 Å². The molecule has 0 heterocycles. The molecule has 0 fully saturated rings. The molecule has 0 rings (SSSR count). The van der Waals surface area contributed by atoms with Crippen molar-refractivity contribution in [2.75, 3.05) is 41.0 Å². The van der Waals surface area contributed by atoms with Gasteiger partial charge in [-0.2, -0.15) is 0 Å². The molecule has 24 heavy (non-hydrogen) atoms. The molecule has 142 valence electrons. The molecule has 0 unspecified atom stereocenters. The zero-order valence-corrected chi connectivity index (χ0v) is 16.9. The van der Waals surface area contributed by atoms with Crippen molar-refractivity contribution in [3.8, 4) is 0 Å². The molecular weight excluding hydrogens is 306 g/mol. The van der Waals surface area contributed by atoms with Crippen molar-refractivity contribution in [2.45, 2.75) is 59.5 Å². The molecule has 0 aliphatic carbocycles. The van der Waals surface area contributed by atoms with E-state index in [4.69, 9.17) is 4.74 Å². The Morgan fingerprint density at radius 2 is 1.62 bits per heavy atom. The average Bonchev–Trinajstić information content (AvgIpc) is 2.43. The largest absolute Gasteiger partial charge is 0.374 e. The van der Waals surface area contributed by atoms with Gasteiger partial charge in [0, 0.05) is 40.6 Å². The van der Waals surface area contributed by atoms with Crippen LogP contribution in [0, 0.1) is 5.41 Å². The van der Waals surface area contributed by atoms with Gasteiger partial charge in [-0.15, -0.1) is 0 Å². The summed E-state index contributed by atoms with van der Waals surface area (Å²) < 4.78 is 5.98. The highest BCUT2D eigenvalue weighted by Gasteiger charge is 2.25. The fourth-order valence-electron chi connectivity index (χ4n) is 2.42. The van der Waals surface area contributed by atoms with Gasteiger partial charge in [-0.25, -0.2) is 0 Å². The van der Waals surface area contributed by atoms with Crippen LogP contribution in [0.1, 0.15) is 53.9 Å². The molecule has 0 radical (unpaired) electrons. The summed E-state index contributed by atoms with van der Waals surface area (Å²) in [6.07, 6.45) is 2.25. The summed E-state index contributed by atoms with van der Waals surface area (Å²) in [6, 6.07) is 0. The fourth-order valence-corrected chi connectivity index (χ4v) is 2.42. The lowest BCUT2D eigenvalue weighted by molar-refractivity contribution is -0.132. The van der Waals surface area contributed by atoms with E-state index in [-0.39, 0.29) is 22.8 Å². The number of rotatable bonds is 11. The van der Waals surface area contributed by atoms with Gasteiger partial charge in [-0.1, -0.05) is 13.8 Å². The highest BCUT2D eigenvalue weighted by Crippen LogP contribution is 2.28. The predicted octanol–water partition coefficient (Wildman–Crippen LogP) is 2.09. The van der Waals surface area contributed by atoms with Crippen LogP contribution in [-0.2, 0) is 14.3 Å². The van der Waals surface area contributed by atoms with Crippen molar-refractivity contribution in [3.05, 3.63) is 0 Å². The van der Waals surface area contributed by atoms with Gasteiger partial charge in [-0.05, 0) is 39.2 Å². The number of hydrogen-bond donors (Lipinski definition) is 1. The topological polar surface area (TPSA) is 61.9 Å².